The predicted octanol–water partition coefficient (Wildman–Crippen LogP) is 1.60. The molecule has 6 nitrogen and oxygen atoms in total. The predicted molar refractivity (Wildman–Crippen MR) is 59.5 cm³/mol. The van der Waals surface area contributed by atoms with Gasteiger partial charge in [-0.25, -0.2) is 0 Å². The van der Waals surface area contributed by atoms with E-state index in [1.165, 1.54) is 6.07 Å². The van der Waals surface area contributed by atoms with E-state index in [1.807, 2.05) is 6.07 Å². The molecule has 0 aliphatic carbocycles. The lowest BCUT2D eigenvalue weighted by Gasteiger charge is -2.12. The maximum atomic E-state index is 10.8. The van der Waals surface area contributed by atoms with Crippen LogP contribution in [-0.4, -0.2) is 16.6 Å². The van der Waals surface area contributed by atoms with E-state index in [2.05, 4.69) is 5.32 Å². The van der Waals surface area contributed by atoms with E-state index < -0.39 is 10.6 Å². The normalized spacial score (nSPS) is 18.9. The van der Waals surface area contributed by atoms with E-state index >= 15 is 0 Å². The summed E-state index contributed by atoms with van der Waals surface area (Å²) in [5.41, 5.74) is 0.221. The molecule has 0 radical (unpaired) electrons. The number of phenolic OH excluding ortho intramolecular Hbond substituents is 1. The highest BCUT2D eigenvalue weighted by Gasteiger charge is 2.26. The molecule has 0 spiro atoms. The number of nitrogens with one attached hydrogen (secondary N) is 1. The number of rotatable bonds is 2. The third-order valence-electron chi connectivity index (χ3n) is 2.88. The minimum atomic E-state index is -0.672. The summed E-state index contributed by atoms with van der Waals surface area (Å²) in [6, 6.07) is 4.36. The van der Waals surface area contributed by atoms with Crippen molar-refractivity contribution in [3.05, 3.63) is 33.4 Å². The van der Waals surface area contributed by atoms with Gasteiger partial charge in [0.25, 0.3) is 0 Å². The summed E-state index contributed by atoms with van der Waals surface area (Å²) in [5, 5.41) is 32.6. The number of hydrogen-bond donors (Lipinski definition) is 2. The molecule has 0 amide bonds. The highest BCUT2D eigenvalue weighted by atomic mass is 16.6. The highest BCUT2D eigenvalue weighted by molar-refractivity contribution is 5.57. The van der Waals surface area contributed by atoms with Crippen LogP contribution < -0.4 is 5.32 Å². The van der Waals surface area contributed by atoms with Crippen LogP contribution in [0.15, 0.2) is 12.1 Å². The molecule has 1 aliphatic rings. The van der Waals surface area contributed by atoms with Crippen LogP contribution in [0.4, 0.5) is 5.69 Å². The molecular formula is C11H11N3O3. The number of phenols is 1. The van der Waals surface area contributed by atoms with Crippen molar-refractivity contribution in [1.29, 1.82) is 5.26 Å². The van der Waals surface area contributed by atoms with Gasteiger partial charge in [-0.1, -0.05) is 0 Å². The second-order valence-electron chi connectivity index (χ2n) is 3.95. The van der Waals surface area contributed by atoms with Gasteiger partial charge in [0.1, 0.15) is 0 Å². The van der Waals surface area contributed by atoms with Crippen molar-refractivity contribution in [2.45, 2.75) is 18.9 Å². The minimum absolute atomic E-state index is 0.109. The zero-order chi connectivity index (χ0) is 12.4. The van der Waals surface area contributed by atoms with Gasteiger partial charge in [-0.15, -0.1) is 0 Å². The molecule has 1 saturated heterocycles. The van der Waals surface area contributed by atoms with Crippen LogP contribution in [0.25, 0.3) is 0 Å². The molecule has 6 heteroatoms. The lowest BCUT2D eigenvalue weighted by Crippen LogP contribution is -2.13. The molecule has 17 heavy (non-hydrogen) atoms. The van der Waals surface area contributed by atoms with E-state index in [0.717, 1.165) is 25.5 Å². The van der Waals surface area contributed by atoms with Crippen molar-refractivity contribution in [1.82, 2.24) is 5.32 Å². The summed E-state index contributed by atoms with van der Waals surface area (Å²) >= 11 is 0. The average Bonchev–Trinajstić information content (AvgIpc) is 2.82. The van der Waals surface area contributed by atoms with Crippen LogP contribution in [0.3, 0.4) is 0 Å². The fourth-order valence-corrected chi connectivity index (χ4v) is 2.06. The smallest absolute Gasteiger partial charge is 0.312 e. The third kappa shape index (κ3) is 2.05. The van der Waals surface area contributed by atoms with E-state index in [0.29, 0.717) is 5.56 Å². The van der Waals surface area contributed by atoms with E-state index in [4.69, 9.17) is 5.26 Å². The monoisotopic (exact) mass is 233 g/mol. The lowest BCUT2D eigenvalue weighted by molar-refractivity contribution is -0.386. The van der Waals surface area contributed by atoms with Crippen LogP contribution in [-0.2, 0) is 0 Å². The van der Waals surface area contributed by atoms with Gasteiger partial charge in [0.15, 0.2) is 5.75 Å². The summed E-state index contributed by atoms with van der Waals surface area (Å²) in [6.45, 7) is 0.814. The SMILES string of the molecule is N#Cc1cc([C@@H]2CCCN2)c(O)c([N+](=O)[O-])c1. The topological polar surface area (TPSA) is 99.2 Å². The molecule has 1 aliphatic heterocycles. The maximum absolute atomic E-state index is 10.8. The van der Waals surface area contributed by atoms with Crippen LogP contribution in [0.2, 0.25) is 0 Å². The Balaban J connectivity index is 2.53. The molecule has 0 saturated carbocycles. The first-order valence-electron chi connectivity index (χ1n) is 5.28. The Morgan fingerprint density at radius 2 is 2.35 bits per heavy atom. The Morgan fingerprint density at radius 3 is 2.88 bits per heavy atom. The Labute approximate surface area is 97.6 Å². The molecule has 2 N–H and O–H groups in total. The lowest BCUT2D eigenvalue weighted by atomic mass is 10.0. The molecule has 0 unspecified atom stereocenters. The fourth-order valence-electron chi connectivity index (χ4n) is 2.06. The van der Waals surface area contributed by atoms with Crippen LogP contribution in [0.5, 0.6) is 5.75 Å². The number of nitrogens with zero attached hydrogens (tertiary/aromatic N) is 2. The fraction of sp³-hybridized carbons (Fsp3) is 0.364. The number of nitriles is 1. The number of hydrogen-bond acceptors (Lipinski definition) is 5. The summed E-state index contributed by atoms with van der Waals surface area (Å²) in [5.74, 6) is -0.339. The molecule has 1 aromatic rings. The van der Waals surface area contributed by atoms with Crippen molar-refractivity contribution in [3.8, 4) is 11.8 Å². The summed E-state index contributed by atoms with van der Waals surface area (Å²) in [7, 11) is 0. The molecule has 1 atom stereocenters. The van der Waals surface area contributed by atoms with Gasteiger partial charge >= 0.3 is 5.69 Å². The zero-order valence-electron chi connectivity index (χ0n) is 9.01. The highest BCUT2D eigenvalue weighted by Crippen LogP contribution is 2.37. The van der Waals surface area contributed by atoms with E-state index in [9.17, 15) is 15.2 Å². The number of benzene rings is 1. The Kier molecular flexibility index (Phi) is 2.93. The molecule has 1 heterocycles. The van der Waals surface area contributed by atoms with Gasteiger partial charge in [0, 0.05) is 17.7 Å². The van der Waals surface area contributed by atoms with Crippen LogP contribution in [0, 0.1) is 21.4 Å². The van der Waals surface area contributed by atoms with Gasteiger partial charge < -0.3 is 10.4 Å². The Hall–Kier alpha value is -2.13. The van der Waals surface area contributed by atoms with Gasteiger partial charge in [-0.3, -0.25) is 10.1 Å². The molecule has 1 aromatic carbocycles. The van der Waals surface area contributed by atoms with Crippen molar-refractivity contribution < 1.29 is 10.0 Å². The molecule has 2 rings (SSSR count). The minimum Gasteiger partial charge on any atom is -0.502 e. The van der Waals surface area contributed by atoms with Gasteiger partial charge in [-0.2, -0.15) is 5.26 Å². The summed E-state index contributed by atoms with van der Waals surface area (Å²) < 4.78 is 0. The number of nitro groups is 1. The second kappa shape index (κ2) is 4.39. The van der Waals surface area contributed by atoms with Gasteiger partial charge in [-0.05, 0) is 25.5 Å². The van der Waals surface area contributed by atoms with Crippen molar-refractivity contribution in [2.75, 3.05) is 6.54 Å². The quantitative estimate of drug-likeness (QED) is 0.597. The van der Waals surface area contributed by atoms with Gasteiger partial charge in [0.2, 0.25) is 0 Å². The maximum Gasteiger partial charge on any atom is 0.312 e. The average molecular weight is 233 g/mol. The summed E-state index contributed by atoms with van der Waals surface area (Å²) in [4.78, 5) is 10.1. The Morgan fingerprint density at radius 1 is 1.59 bits per heavy atom. The van der Waals surface area contributed by atoms with Crippen LogP contribution >= 0.6 is 0 Å². The second-order valence-corrected chi connectivity index (χ2v) is 3.95. The summed E-state index contributed by atoms with van der Waals surface area (Å²) in [6.07, 6.45) is 1.76. The largest absolute Gasteiger partial charge is 0.502 e. The molecule has 0 bridgehead atoms. The van der Waals surface area contributed by atoms with Crippen molar-refractivity contribution in [2.24, 2.45) is 0 Å². The first-order valence-corrected chi connectivity index (χ1v) is 5.28. The zero-order valence-corrected chi connectivity index (χ0v) is 9.01. The van der Waals surface area contributed by atoms with E-state index in [1.54, 1.807) is 0 Å². The van der Waals surface area contributed by atoms with Crippen molar-refractivity contribution >= 4 is 5.69 Å². The van der Waals surface area contributed by atoms with E-state index in [-0.39, 0.29) is 17.4 Å². The molecular weight excluding hydrogens is 222 g/mol. The molecule has 88 valence electrons. The number of nitro benzene ring substituents is 1. The molecule has 1 fully saturated rings. The first-order chi connectivity index (χ1) is 8.13. The third-order valence-corrected chi connectivity index (χ3v) is 2.88. The number of aromatic hydroxyl groups is 1. The Bertz CT molecular complexity index is 501. The van der Waals surface area contributed by atoms with Crippen molar-refractivity contribution in [3.63, 3.8) is 0 Å². The molecule has 0 aromatic heterocycles. The first kappa shape index (κ1) is 11.4. The van der Waals surface area contributed by atoms with Crippen LogP contribution in [0.1, 0.15) is 30.0 Å². The van der Waals surface area contributed by atoms with Gasteiger partial charge in [0.05, 0.1) is 16.6 Å². The standard InChI is InChI=1S/C11H11N3O3/c12-6-7-4-8(9-2-1-3-13-9)11(15)10(5-7)14(16)17/h4-5,9,13,15H,1-3H2/t9-/m0/s1.